The number of hydrogen-bond acceptors (Lipinski definition) is 4. The van der Waals surface area contributed by atoms with Crippen molar-refractivity contribution < 1.29 is 14.6 Å². The number of aromatic nitrogens is 1. The molecule has 0 spiro atoms. The van der Waals surface area contributed by atoms with E-state index in [1.165, 1.54) is 0 Å². The van der Waals surface area contributed by atoms with Gasteiger partial charge < -0.3 is 19.6 Å². The fourth-order valence-electron chi connectivity index (χ4n) is 3.00. The number of aliphatic hydroxyl groups excluding tert-OH is 1. The topological polar surface area (TPSA) is 86.5 Å². The van der Waals surface area contributed by atoms with Crippen molar-refractivity contribution in [1.29, 1.82) is 0 Å². The minimum absolute atomic E-state index is 0.0807. The Hall–Kier alpha value is -2.53. The zero-order valence-electron chi connectivity index (χ0n) is 13.0. The van der Waals surface area contributed by atoms with E-state index in [2.05, 4.69) is 4.98 Å². The van der Waals surface area contributed by atoms with Crippen LogP contribution in [0.4, 0.5) is 0 Å². The highest BCUT2D eigenvalue weighted by Gasteiger charge is 2.28. The molecule has 1 atom stereocenters. The number of aromatic amines is 1. The summed E-state index contributed by atoms with van der Waals surface area (Å²) in [5.74, 6) is -0.275. The van der Waals surface area contributed by atoms with E-state index in [-0.39, 0.29) is 30.0 Å². The van der Waals surface area contributed by atoms with Crippen LogP contribution in [0.3, 0.4) is 0 Å². The number of hydrogen-bond donors (Lipinski definition) is 3. The number of aromatic hydroxyl groups is 1. The minimum Gasteiger partial charge on any atom is -0.502 e. The highest BCUT2D eigenvalue weighted by atomic mass is 16.4. The Balaban J connectivity index is 2.25. The van der Waals surface area contributed by atoms with Crippen LogP contribution in [-0.2, 0) is 6.61 Å². The molecule has 2 aromatic heterocycles. The van der Waals surface area contributed by atoms with Crippen LogP contribution in [-0.4, -0.2) is 15.2 Å². The van der Waals surface area contributed by atoms with Crippen molar-refractivity contribution in [2.75, 3.05) is 0 Å². The molecule has 3 rings (SSSR count). The molecule has 23 heavy (non-hydrogen) atoms. The Labute approximate surface area is 133 Å². The number of rotatable bonds is 4. The van der Waals surface area contributed by atoms with E-state index in [0.717, 1.165) is 22.5 Å². The van der Waals surface area contributed by atoms with Crippen molar-refractivity contribution in [3.05, 3.63) is 63.8 Å². The number of nitrogens with one attached hydrogen (secondary N) is 1. The third-order valence-electron chi connectivity index (χ3n) is 4.06. The molecule has 0 bridgehead atoms. The summed E-state index contributed by atoms with van der Waals surface area (Å²) in [6.07, 6.45) is 1.88. The first-order valence-corrected chi connectivity index (χ1v) is 7.55. The van der Waals surface area contributed by atoms with E-state index in [4.69, 9.17) is 4.42 Å². The zero-order chi connectivity index (χ0) is 16.6. The smallest absolute Gasteiger partial charge is 0.227 e. The van der Waals surface area contributed by atoms with Gasteiger partial charge in [0.2, 0.25) is 11.2 Å². The first kappa shape index (κ1) is 15.4. The van der Waals surface area contributed by atoms with E-state index in [0.29, 0.717) is 0 Å². The molecule has 1 unspecified atom stereocenters. The molecule has 1 aromatic carbocycles. The van der Waals surface area contributed by atoms with Gasteiger partial charge in [-0.2, -0.15) is 0 Å². The van der Waals surface area contributed by atoms with Crippen molar-refractivity contribution in [3.63, 3.8) is 0 Å². The van der Waals surface area contributed by atoms with Crippen LogP contribution in [0.1, 0.15) is 36.8 Å². The predicted molar refractivity (Wildman–Crippen MR) is 87.5 cm³/mol. The lowest BCUT2D eigenvalue weighted by molar-refractivity contribution is 0.230. The average molecular weight is 313 g/mol. The summed E-state index contributed by atoms with van der Waals surface area (Å²) in [6.45, 7) is 3.61. The van der Waals surface area contributed by atoms with E-state index in [9.17, 15) is 15.0 Å². The molecule has 0 aliphatic carbocycles. The summed E-state index contributed by atoms with van der Waals surface area (Å²) < 4.78 is 5.62. The van der Waals surface area contributed by atoms with Gasteiger partial charge in [0.15, 0.2) is 5.76 Å². The second-order valence-electron chi connectivity index (χ2n) is 5.96. The molecule has 0 saturated carbocycles. The largest absolute Gasteiger partial charge is 0.502 e. The SMILES string of the molecule is CC(C)C(c1oc(CO)cc(=O)c1O)c1c[nH]c2ccccc12. The maximum Gasteiger partial charge on any atom is 0.227 e. The van der Waals surface area contributed by atoms with E-state index in [1.54, 1.807) is 0 Å². The molecule has 0 saturated heterocycles. The van der Waals surface area contributed by atoms with Gasteiger partial charge in [-0.3, -0.25) is 4.79 Å². The molecule has 0 amide bonds. The molecule has 3 N–H and O–H groups in total. The number of benzene rings is 1. The number of H-pyrrole nitrogens is 1. The summed E-state index contributed by atoms with van der Waals surface area (Å²) in [5.41, 5.74) is 1.39. The van der Waals surface area contributed by atoms with Gasteiger partial charge in [0.25, 0.3) is 0 Å². The van der Waals surface area contributed by atoms with Crippen LogP contribution in [0.5, 0.6) is 5.75 Å². The van der Waals surface area contributed by atoms with Crippen LogP contribution in [0.15, 0.2) is 45.7 Å². The third-order valence-corrected chi connectivity index (χ3v) is 4.06. The maximum absolute atomic E-state index is 12.0. The summed E-state index contributed by atoms with van der Waals surface area (Å²) in [6, 6.07) is 8.96. The number of aliphatic hydroxyl groups is 1. The van der Waals surface area contributed by atoms with Gasteiger partial charge in [-0.25, -0.2) is 0 Å². The van der Waals surface area contributed by atoms with E-state index < -0.39 is 11.2 Å². The highest BCUT2D eigenvalue weighted by molar-refractivity contribution is 5.84. The average Bonchev–Trinajstić information content (AvgIpc) is 2.95. The van der Waals surface area contributed by atoms with Crippen LogP contribution in [0.2, 0.25) is 0 Å². The minimum atomic E-state index is -0.541. The van der Waals surface area contributed by atoms with Crippen LogP contribution in [0.25, 0.3) is 10.9 Å². The Bertz CT molecular complexity index is 891. The first-order chi connectivity index (χ1) is 11.0. The van der Waals surface area contributed by atoms with Gasteiger partial charge in [0.05, 0.1) is 5.92 Å². The van der Waals surface area contributed by atoms with Gasteiger partial charge in [-0.05, 0) is 17.5 Å². The van der Waals surface area contributed by atoms with Crippen molar-refractivity contribution in [3.8, 4) is 5.75 Å². The Morgan fingerprint density at radius 2 is 2.00 bits per heavy atom. The quantitative estimate of drug-likeness (QED) is 0.691. The lowest BCUT2D eigenvalue weighted by atomic mass is 9.85. The zero-order valence-corrected chi connectivity index (χ0v) is 13.0. The highest BCUT2D eigenvalue weighted by Crippen LogP contribution is 2.39. The first-order valence-electron chi connectivity index (χ1n) is 7.55. The Morgan fingerprint density at radius 3 is 2.70 bits per heavy atom. The molecule has 5 nitrogen and oxygen atoms in total. The monoisotopic (exact) mass is 313 g/mol. The maximum atomic E-state index is 12.0. The molecular weight excluding hydrogens is 294 g/mol. The summed E-state index contributed by atoms with van der Waals surface area (Å²) in [7, 11) is 0. The summed E-state index contributed by atoms with van der Waals surface area (Å²) in [4.78, 5) is 15.2. The summed E-state index contributed by atoms with van der Waals surface area (Å²) >= 11 is 0. The molecule has 0 aliphatic rings. The van der Waals surface area contributed by atoms with Crippen molar-refractivity contribution in [2.45, 2.75) is 26.4 Å². The molecule has 0 aliphatic heterocycles. The van der Waals surface area contributed by atoms with E-state index >= 15 is 0 Å². The molecular formula is C18H19NO4. The van der Waals surface area contributed by atoms with Crippen LogP contribution >= 0.6 is 0 Å². The van der Waals surface area contributed by atoms with E-state index in [1.807, 2.05) is 44.3 Å². The van der Waals surface area contributed by atoms with Crippen LogP contribution in [0, 0.1) is 5.92 Å². The lowest BCUT2D eigenvalue weighted by Gasteiger charge is -2.21. The van der Waals surface area contributed by atoms with Crippen molar-refractivity contribution in [1.82, 2.24) is 4.98 Å². The molecule has 2 heterocycles. The van der Waals surface area contributed by atoms with Gasteiger partial charge in [-0.1, -0.05) is 32.0 Å². The normalized spacial score (nSPS) is 12.9. The second kappa shape index (κ2) is 5.93. The fourth-order valence-corrected chi connectivity index (χ4v) is 3.00. The Kier molecular flexibility index (Phi) is 3.96. The predicted octanol–water partition coefficient (Wildman–Crippen LogP) is 3.11. The molecule has 0 radical (unpaired) electrons. The number of fused-ring (bicyclic) bond motifs is 1. The summed E-state index contributed by atoms with van der Waals surface area (Å²) in [5, 5.41) is 20.5. The third kappa shape index (κ3) is 2.64. The van der Waals surface area contributed by atoms with Crippen LogP contribution < -0.4 is 5.43 Å². The molecule has 3 aromatic rings. The molecule has 5 heteroatoms. The van der Waals surface area contributed by atoms with Crippen molar-refractivity contribution in [2.24, 2.45) is 5.92 Å². The second-order valence-corrected chi connectivity index (χ2v) is 5.96. The lowest BCUT2D eigenvalue weighted by Crippen LogP contribution is -2.13. The van der Waals surface area contributed by atoms with Gasteiger partial charge in [-0.15, -0.1) is 0 Å². The fraction of sp³-hybridized carbons (Fsp3) is 0.278. The van der Waals surface area contributed by atoms with Gasteiger partial charge in [0, 0.05) is 23.2 Å². The van der Waals surface area contributed by atoms with Gasteiger partial charge in [0.1, 0.15) is 12.4 Å². The van der Waals surface area contributed by atoms with Crippen molar-refractivity contribution >= 4 is 10.9 Å². The van der Waals surface area contributed by atoms with Gasteiger partial charge >= 0.3 is 0 Å². The standard InChI is InChI=1S/C18H19NO4/c1-10(2)16(13-8-19-14-6-4-3-5-12(13)14)18-17(22)15(21)7-11(9-20)23-18/h3-8,10,16,19-20,22H,9H2,1-2H3. The molecule has 120 valence electrons. The Morgan fingerprint density at radius 1 is 1.26 bits per heavy atom. The number of para-hydroxylation sites is 1. The molecule has 0 fully saturated rings.